The number of aryl methyl sites for hydroxylation is 1. The summed E-state index contributed by atoms with van der Waals surface area (Å²) >= 11 is 0. The van der Waals surface area contributed by atoms with E-state index in [1.54, 1.807) is 6.07 Å². The van der Waals surface area contributed by atoms with Crippen molar-refractivity contribution in [2.75, 3.05) is 18.5 Å². The van der Waals surface area contributed by atoms with Crippen molar-refractivity contribution in [2.45, 2.75) is 26.9 Å². The van der Waals surface area contributed by atoms with Gasteiger partial charge in [-0.1, -0.05) is 25.1 Å². The quantitative estimate of drug-likeness (QED) is 0.884. The molecule has 2 rings (SSSR count). The van der Waals surface area contributed by atoms with Gasteiger partial charge in [-0.05, 0) is 37.2 Å². The first-order chi connectivity index (χ1) is 10.1. The topological polar surface area (TPSA) is 28.2 Å². The Bertz CT molecular complexity index is 598. The number of rotatable bonds is 6. The molecule has 112 valence electrons. The lowest BCUT2D eigenvalue weighted by atomic mass is 10.1. The normalized spacial score (nSPS) is 10.7. The lowest BCUT2D eigenvalue weighted by Gasteiger charge is -2.23. The molecule has 0 saturated carbocycles. The van der Waals surface area contributed by atoms with Gasteiger partial charge < -0.3 is 10.2 Å². The zero-order chi connectivity index (χ0) is 15.2. The van der Waals surface area contributed by atoms with Gasteiger partial charge in [0, 0.05) is 19.3 Å². The van der Waals surface area contributed by atoms with Crippen LogP contribution in [0.5, 0.6) is 0 Å². The van der Waals surface area contributed by atoms with Crippen molar-refractivity contribution in [3.8, 4) is 0 Å². The number of hydrogen-bond acceptors (Lipinski definition) is 3. The van der Waals surface area contributed by atoms with Crippen LogP contribution in [0.15, 0.2) is 36.4 Å². The van der Waals surface area contributed by atoms with E-state index >= 15 is 0 Å². The molecular weight excluding hydrogens is 265 g/mol. The number of halogens is 1. The number of para-hydroxylation sites is 1. The molecule has 0 aliphatic rings. The predicted molar refractivity (Wildman–Crippen MR) is 84.9 cm³/mol. The molecule has 0 saturated heterocycles. The van der Waals surface area contributed by atoms with Gasteiger partial charge >= 0.3 is 0 Å². The Labute approximate surface area is 125 Å². The summed E-state index contributed by atoms with van der Waals surface area (Å²) in [5, 5.41) is 3.25. The molecule has 0 aliphatic carbocycles. The third-order valence-corrected chi connectivity index (χ3v) is 3.36. The summed E-state index contributed by atoms with van der Waals surface area (Å²) < 4.78 is 14.2. The van der Waals surface area contributed by atoms with Crippen molar-refractivity contribution in [3.63, 3.8) is 0 Å². The Morgan fingerprint density at radius 3 is 2.67 bits per heavy atom. The molecule has 4 heteroatoms. The average Bonchev–Trinajstić information content (AvgIpc) is 2.45. The van der Waals surface area contributed by atoms with Crippen molar-refractivity contribution in [1.82, 2.24) is 10.3 Å². The first-order valence-electron chi connectivity index (χ1n) is 7.23. The predicted octanol–water partition coefficient (Wildman–Crippen LogP) is 3.28. The van der Waals surface area contributed by atoms with Gasteiger partial charge in [-0.25, -0.2) is 4.39 Å². The molecule has 1 N–H and O–H groups in total. The molecule has 0 atom stereocenters. The fourth-order valence-corrected chi connectivity index (χ4v) is 2.40. The molecule has 0 radical (unpaired) electrons. The Kier molecular flexibility index (Phi) is 5.28. The number of nitrogens with one attached hydrogen (secondary N) is 1. The Hall–Kier alpha value is -1.94. The van der Waals surface area contributed by atoms with Gasteiger partial charge in [0.05, 0.1) is 17.9 Å². The second-order valence-corrected chi connectivity index (χ2v) is 5.15. The smallest absolute Gasteiger partial charge is 0.146 e. The first kappa shape index (κ1) is 15.4. The van der Waals surface area contributed by atoms with Crippen molar-refractivity contribution in [2.24, 2.45) is 0 Å². The minimum atomic E-state index is -0.194. The van der Waals surface area contributed by atoms with Crippen LogP contribution < -0.4 is 10.2 Å². The van der Waals surface area contributed by atoms with Crippen molar-refractivity contribution in [1.29, 1.82) is 0 Å². The molecule has 21 heavy (non-hydrogen) atoms. The number of nitrogens with zero attached hydrogens (tertiary/aromatic N) is 2. The second kappa shape index (κ2) is 7.18. The Morgan fingerprint density at radius 1 is 1.19 bits per heavy atom. The summed E-state index contributed by atoms with van der Waals surface area (Å²) in [6, 6.07) is 11.1. The highest BCUT2D eigenvalue weighted by molar-refractivity contribution is 5.54. The molecule has 3 nitrogen and oxygen atoms in total. The zero-order valence-electron chi connectivity index (χ0n) is 12.9. The molecule has 0 amide bonds. The summed E-state index contributed by atoms with van der Waals surface area (Å²) in [4.78, 5) is 6.40. The fourth-order valence-electron chi connectivity index (χ4n) is 2.40. The van der Waals surface area contributed by atoms with Crippen LogP contribution in [-0.2, 0) is 13.1 Å². The maximum Gasteiger partial charge on any atom is 0.146 e. The van der Waals surface area contributed by atoms with Crippen LogP contribution in [0.4, 0.5) is 10.1 Å². The summed E-state index contributed by atoms with van der Waals surface area (Å²) in [5.74, 6) is -0.194. The highest BCUT2D eigenvalue weighted by Crippen LogP contribution is 2.24. The van der Waals surface area contributed by atoms with Gasteiger partial charge in [-0.3, -0.25) is 4.98 Å². The number of benzene rings is 1. The van der Waals surface area contributed by atoms with E-state index < -0.39 is 0 Å². The number of hydrogen-bond donors (Lipinski definition) is 1. The summed E-state index contributed by atoms with van der Waals surface area (Å²) in [6.45, 7) is 6.11. The van der Waals surface area contributed by atoms with E-state index in [9.17, 15) is 4.39 Å². The molecule has 2 aromatic rings. The third-order valence-electron chi connectivity index (χ3n) is 3.36. The number of aromatic nitrogens is 1. The van der Waals surface area contributed by atoms with E-state index in [0.29, 0.717) is 18.8 Å². The van der Waals surface area contributed by atoms with Gasteiger partial charge in [0.1, 0.15) is 5.82 Å². The van der Waals surface area contributed by atoms with Crippen LogP contribution in [0.3, 0.4) is 0 Å². The van der Waals surface area contributed by atoms with E-state index in [0.717, 1.165) is 23.5 Å². The number of pyridine rings is 1. The lowest BCUT2D eigenvalue weighted by molar-refractivity contribution is 0.615. The van der Waals surface area contributed by atoms with Crippen LogP contribution in [0.25, 0.3) is 0 Å². The molecule has 0 spiro atoms. The molecule has 0 bridgehead atoms. The highest BCUT2D eigenvalue weighted by Gasteiger charge is 2.13. The molecule has 0 aliphatic heterocycles. The van der Waals surface area contributed by atoms with E-state index in [4.69, 9.17) is 0 Å². The molecule has 1 aromatic heterocycles. The molecule has 1 aromatic carbocycles. The van der Waals surface area contributed by atoms with Crippen LogP contribution in [-0.4, -0.2) is 18.6 Å². The Balaban J connectivity index is 2.23. The van der Waals surface area contributed by atoms with E-state index in [1.807, 2.05) is 50.1 Å². The van der Waals surface area contributed by atoms with Gasteiger partial charge in [-0.2, -0.15) is 0 Å². The van der Waals surface area contributed by atoms with Crippen molar-refractivity contribution in [3.05, 3.63) is 59.2 Å². The second-order valence-electron chi connectivity index (χ2n) is 5.15. The largest absolute Gasteiger partial charge is 0.366 e. The van der Waals surface area contributed by atoms with Gasteiger partial charge in [0.25, 0.3) is 0 Å². The van der Waals surface area contributed by atoms with E-state index in [2.05, 4.69) is 10.3 Å². The third kappa shape index (κ3) is 4.02. The van der Waals surface area contributed by atoms with Crippen molar-refractivity contribution < 1.29 is 4.39 Å². The monoisotopic (exact) mass is 287 g/mol. The maximum absolute atomic E-state index is 14.2. The van der Waals surface area contributed by atoms with Crippen LogP contribution >= 0.6 is 0 Å². The van der Waals surface area contributed by atoms with Gasteiger partial charge in [0.15, 0.2) is 0 Å². The average molecular weight is 287 g/mol. The van der Waals surface area contributed by atoms with Gasteiger partial charge in [0.2, 0.25) is 0 Å². The SMILES string of the molecule is CCNCc1cccc(F)c1N(C)Cc1cccc(C)n1. The maximum atomic E-state index is 14.2. The first-order valence-corrected chi connectivity index (χ1v) is 7.23. The minimum Gasteiger partial charge on any atom is -0.366 e. The zero-order valence-corrected chi connectivity index (χ0v) is 12.9. The molecule has 1 heterocycles. The lowest BCUT2D eigenvalue weighted by Crippen LogP contribution is -2.22. The van der Waals surface area contributed by atoms with Crippen molar-refractivity contribution >= 4 is 5.69 Å². The van der Waals surface area contributed by atoms with Crippen LogP contribution in [0, 0.1) is 12.7 Å². The van der Waals surface area contributed by atoms with E-state index in [-0.39, 0.29) is 5.82 Å². The van der Waals surface area contributed by atoms with Gasteiger partial charge in [-0.15, -0.1) is 0 Å². The molecular formula is C17H22FN3. The summed E-state index contributed by atoms with van der Waals surface area (Å²) in [7, 11) is 1.90. The standard InChI is InChI=1S/C17H22FN3/c1-4-19-11-14-8-6-10-16(18)17(14)21(3)12-15-9-5-7-13(2)20-15/h5-10,19H,4,11-12H2,1-3H3. The van der Waals surface area contributed by atoms with Crippen LogP contribution in [0.1, 0.15) is 23.9 Å². The summed E-state index contributed by atoms with van der Waals surface area (Å²) in [5.41, 5.74) is 3.52. The number of anilines is 1. The van der Waals surface area contributed by atoms with Crippen LogP contribution in [0.2, 0.25) is 0 Å². The summed E-state index contributed by atoms with van der Waals surface area (Å²) in [6.07, 6.45) is 0. The Morgan fingerprint density at radius 2 is 1.95 bits per heavy atom. The minimum absolute atomic E-state index is 0.194. The molecule has 0 fully saturated rings. The fraction of sp³-hybridized carbons (Fsp3) is 0.353. The molecule has 0 unspecified atom stereocenters. The van der Waals surface area contributed by atoms with E-state index in [1.165, 1.54) is 6.07 Å². The highest BCUT2D eigenvalue weighted by atomic mass is 19.1.